The van der Waals surface area contributed by atoms with E-state index < -0.39 is 27.9 Å². The molecule has 0 aromatic heterocycles. The van der Waals surface area contributed by atoms with Gasteiger partial charge in [0, 0.05) is 26.1 Å². The molecular formula is C23H27N3O5S. The molecule has 0 fully saturated rings. The van der Waals surface area contributed by atoms with Gasteiger partial charge in [-0.25, -0.2) is 12.7 Å². The van der Waals surface area contributed by atoms with Crippen molar-refractivity contribution in [1.82, 2.24) is 14.5 Å². The van der Waals surface area contributed by atoms with Gasteiger partial charge < -0.3 is 10.2 Å². The largest absolute Gasteiger partial charge is 0.355 e. The number of sulfonamides is 1. The van der Waals surface area contributed by atoms with Crippen LogP contribution in [-0.4, -0.2) is 54.5 Å². The lowest BCUT2D eigenvalue weighted by molar-refractivity contribution is -0.140. The zero-order chi connectivity index (χ0) is 23.5. The Bertz CT molecular complexity index is 1130. The van der Waals surface area contributed by atoms with Gasteiger partial charge in [-0.2, -0.15) is 0 Å². The second kappa shape index (κ2) is 9.52. The van der Waals surface area contributed by atoms with Crippen LogP contribution in [0.1, 0.15) is 41.8 Å². The molecular weight excluding hydrogens is 430 g/mol. The lowest BCUT2D eigenvalue weighted by Gasteiger charge is -2.29. The molecule has 0 unspecified atom stereocenters. The minimum absolute atomic E-state index is 0.0512. The first kappa shape index (κ1) is 23.5. The molecule has 1 N–H and O–H groups in total. The Morgan fingerprint density at radius 2 is 1.75 bits per heavy atom. The molecule has 0 spiro atoms. The van der Waals surface area contributed by atoms with Crippen molar-refractivity contribution in [2.45, 2.75) is 44.7 Å². The summed E-state index contributed by atoms with van der Waals surface area (Å²) in [7, 11) is -3.99. The lowest BCUT2D eigenvalue weighted by atomic mass is 10.1. The molecule has 8 nitrogen and oxygen atoms in total. The van der Waals surface area contributed by atoms with E-state index in [1.165, 1.54) is 17.0 Å². The summed E-state index contributed by atoms with van der Waals surface area (Å²) < 4.78 is 26.2. The number of nitrogens with one attached hydrogen (secondary N) is 1. The van der Waals surface area contributed by atoms with E-state index in [1.807, 2.05) is 31.2 Å². The van der Waals surface area contributed by atoms with E-state index in [0.717, 1.165) is 15.4 Å². The summed E-state index contributed by atoms with van der Waals surface area (Å²) in [5.41, 5.74) is 2.02. The van der Waals surface area contributed by atoms with E-state index in [9.17, 15) is 22.8 Å². The first-order valence-electron chi connectivity index (χ1n) is 10.5. The molecule has 1 atom stereocenters. The van der Waals surface area contributed by atoms with Crippen molar-refractivity contribution in [2.24, 2.45) is 0 Å². The number of fused-ring (bicyclic) bond motifs is 1. The fraction of sp³-hybridized carbons (Fsp3) is 0.348. The molecule has 0 radical (unpaired) electrons. The third-order valence-corrected chi connectivity index (χ3v) is 7.27. The molecule has 0 aliphatic carbocycles. The Balaban J connectivity index is 1.78. The van der Waals surface area contributed by atoms with E-state index in [1.54, 1.807) is 26.0 Å². The van der Waals surface area contributed by atoms with Gasteiger partial charge in [-0.1, -0.05) is 42.0 Å². The number of hydrogen-bond donors (Lipinski definition) is 1. The van der Waals surface area contributed by atoms with Crippen molar-refractivity contribution in [1.29, 1.82) is 0 Å². The fourth-order valence-corrected chi connectivity index (χ4v) is 5.16. The highest BCUT2D eigenvalue weighted by atomic mass is 32.2. The second-order valence-corrected chi connectivity index (χ2v) is 9.54. The first-order chi connectivity index (χ1) is 15.2. The summed E-state index contributed by atoms with van der Waals surface area (Å²) in [6, 6.07) is 12.8. The summed E-state index contributed by atoms with van der Waals surface area (Å²) >= 11 is 0. The Hall–Kier alpha value is -3.20. The van der Waals surface area contributed by atoms with Gasteiger partial charge in [0.15, 0.2) is 0 Å². The minimum atomic E-state index is -3.99. The first-order valence-corrected chi connectivity index (χ1v) is 11.9. The molecule has 32 heavy (non-hydrogen) atoms. The van der Waals surface area contributed by atoms with Gasteiger partial charge in [-0.3, -0.25) is 14.4 Å². The smallest absolute Gasteiger partial charge is 0.269 e. The molecule has 1 aliphatic heterocycles. The Morgan fingerprint density at radius 3 is 2.38 bits per heavy atom. The van der Waals surface area contributed by atoms with Crippen molar-refractivity contribution in [3.63, 3.8) is 0 Å². The average Bonchev–Trinajstić information content (AvgIpc) is 2.97. The summed E-state index contributed by atoms with van der Waals surface area (Å²) in [6.45, 7) is 5.70. The third kappa shape index (κ3) is 4.67. The van der Waals surface area contributed by atoms with Crippen LogP contribution in [0.4, 0.5) is 0 Å². The highest BCUT2D eigenvalue weighted by Gasteiger charge is 2.41. The summed E-state index contributed by atoms with van der Waals surface area (Å²) in [6.07, 6.45) is -0.228. The topological polar surface area (TPSA) is 104 Å². The standard InChI is InChI=1S/C23H27N3O5S/c1-4-24-22(28)17(3)25(15-18-11-9-16(2)10-12-18)21(27)13-14-26-23(29)19-7-5-6-8-20(19)32(26,30)31/h5-12,17H,4,13-15H2,1-3H3,(H,24,28)/t17-/m1/s1. The lowest BCUT2D eigenvalue weighted by Crippen LogP contribution is -2.48. The highest BCUT2D eigenvalue weighted by Crippen LogP contribution is 2.30. The van der Waals surface area contributed by atoms with Gasteiger partial charge in [0.2, 0.25) is 11.8 Å². The molecule has 170 valence electrons. The molecule has 0 saturated carbocycles. The van der Waals surface area contributed by atoms with Crippen LogP contribution < -0.4 is 5.32 Å². The maximum Gasteiger partial charge on any atom is 0.269 e. The Morgan fingerprint density at radius 1 is 1.09 bits per heavy atom. The molecule has 9 heteroatoms. The minimum Gasteiger partial charge on any atom is -0.355 e. The fourth-order valence-electron chi connectivity index (χ4n) is 3.59. The Kier molecular flexibility index (Phi) is 6.98. The van der Waals surface area contributed by atoms with Crippen LogP contribution in [0.15, 0.2) is 53.4 Å². The molecule has 3 amide bonds. The van der Waals surface area contributed by atoms with Crippen molar-refractivity contribution in [2.75, 3.05) is 13.1 Å². The van der Waals surface area contributed by atoms with E-state index >= 15 is 0 Å². The van der Waals surface area contributed by atoms with Crippen molar-refractivity contribution >= 4 is 27.7 Å². The van der Waals surface area contributed by atoms with Gasteiger partial charge in [0.05, 0.1) is 5.56 Å². The van der Waals surface area contributed by atoms with Gasteiger partial charge in [-0.15, -0.1) is 0 Å². The molecule has 3 rings (SSSR count). The van der Waals surface area contributed by atoms with Crippen molar-refractivity contribution < 1.29 is 22.8 Å². The summed E-state index contributed by atoms with van der Waals surface area (Å²) in [5, 5.41) is 2.71. The average molecular weight is 458 g/mol. The van der Waals surface area contributed by atoms with Gasteiger partial charge >= 0.3 is 0 Å². The van der Waals surface area contributed by atoms with Crippen molar-refractivity contribution in [3.05, 3.63) is 65.2 Å². The normalized spacial score (nSPS) is 15.2. The van der Waals surface area contributed by atoms with Crippen LogP contribution in [0.2, 0.25) is 0 Å². The number of rotatable bonds is 8. The molecule has 1 aliphatic rings. The number of aryl methyl sites for hydroxylation is 1. The zero-order valence-electron chi connectivity index (χ0n) is 18.4. The molecule has 2 aromatic rings. The number of likely N-dealkylation sites (N-methyl/N-ethyl adjacent to an activating group) is 1. The van der Waals surface area contributed by atoms with E-state index in [-0.39, 0.29) is 35.9 Å². The van der Waals surface area contributed by atoms with Crippen LogP contribution >= 0.6 is 0 Å². The number of carbonyl (C=O) groups excluding carboxylic acids is 3. The molecule has 0 bridgehead atoms. The summed E-state index contributed by atoms with van der Waals surface area (Å²) in [4.78, 5) is 39.5. The predicted octanol–water partition coefficient (Wildman–Crippen LogP) is 2.08. The maximum absolute atomic E-state index is 13.1. The zero-order valence-corrected chi connectivity index (χ0v) is 19.2. The quantitative estimate of drug-likeness (QED) is 0.654. The number of amides is 3. The third-order valence-electron chi connectivity index (χ3n) is 5.43. The number of nitrogens with zero attached hydrogens (tertiary/aromatic N) is 2. The van der Waals surface area contributed by atoms with Gasteiger partial charge in [0.1, 0.15) is 10.9 Å². The number of hydrogen-bond acceptors (Lipinski definition) is 5. The monoisotopic (exact) mass is 457 g/mol. The van der Waals surface area contributed by atoms with Crippen molar-refractivity contribution in [3.8, 4) is 0 Å². The van der Waals surface area contributed by atoms with Crippen LogP contribution in [0.5, 0.6) is 0 Å². The predicted molar refractivity (Wildman–Crippen MR) is 119 cm³/mol. The number of benzene rings is 2. The van der Waals surface area contributed by atoms with Crippen LogP contribution in [0.3, 0.4) is 0 Å². The Labute approximate surface area is 188 Å². The second-order valence-electron chi connectivity index (χ2n) is 7.71. The maximum atomic E-state index is 13.1. The molecule has 0 saturated heterocycles. The molecule has 2 aromatic carbocycles. The highest BCUT2D eigenvalue weighted by molar-refractivity contribution is 7.90. The van der Waals surface area contributed by atoms with E-state index in [4.69, 9.17) is 0 Å². The SMILES string of the molecule is CCNC(=O)[C@@H](C)N(Cc1ccc(C)cc1)C(=O)CCN1C(=O)c2ccccc2S1(=O)=O. The van der Waals surface area contributed by atoms with Crippen LogP contribution in [0.25, 0.3) is 0 Å². The van der Waals surface area contributed by atoms with E-state index in [0.29, 0.717) is 6.54 Å². The van der Waals surface area contributed by atoms with Crippen LogP contribution in [-0.2, 0) is 26.2 Å². The number of carbonyl (C=O) groups is 3. The van der Waals surface area contributed by atoms with E-state index in [2.05, 4.69) is 5.32 Å². The molecule has 1 heterocycles. The van der Waals surface area contributed by atoms with Gasteiger partial charge in [-0.05, 0) is 38.5 Å². The van der Waals surface area contributed by atoms with Crippen LogP contribution in [0, 0.1) is 6.92 Å². The summed E-state index contributed by atoms with van der Waals surface area (Å²) in [5.74, 6) is -1.36. The van der Waals surface area contributed by atoms with Gasteiger partial charge in [0.25, 0.3) is 15.9 Å².